The molecule has 0 bridgehead atoms. The summed E-state index contributed by atoms with van der Waals surface area (Å²) in [5.74, 6) is -1.25. The second-order valence-electron chi connectivity index (χ2n) is 1.88. The van der Waals surface area contributed by atoms with Gasteiger partial charge in [0.15, 0.2) is 0 Å². The molecule has 0 heterocycles. The largest absolute Gasteiger partial charge is 0.550 e. The van der Waals surface area contributed by atoms with Gasteiger partial charge in [0.2, 0.25) is 0 Å². The Bertz CT molecular complexity index is 133. The van der Waals surface area contributed by atoms with Crippen molar-refractivity contribution in [1.29, 1.82) is 0 Å². The molecule has 0 aromatic rings. The first-order chi connectivity index (χ1) is 4.66. The van der Waals surface area contributed by atoms with Crippen molar-refractivity contribution in [3.8, 4) is 0 Å². The molecule has 0 saturated carbocycles. The van der Waals surface area contributed by atoms with Crippen LogP contribution in [0.2, 0.25) is 0 Å². The molecule has 3 nitrogen and oxygen atoms in total. The van der Waals surface area contributed by atoms with Crippen LogP contribution in [0.25, 0.3) is 0 Å². The quantitative estimate of drug-likeness (QED) is 0.414. The summed E-state index contributed by atoms with van der Waals surface area (Å²) in [6.45, 7) is 0. The number of halogens is 1. The van der Waals surface area contributed by atoms with Crippen molar-refractivity contribution in [2.45, 2.75) is 19.3 Å². The number of carbonyl (C=O) groups is 2. The Hall–Kier alpha value is -0.570. The van der Waals surface area contributed by atoms with Gasteiger partial charge < -0.3 is 9.90 Å². The summed E-state index contributed by atoms with van der Waals surface area (Å²) >= 11 is 5.27. The predicted molar refractivity (Wildman–Crippen MR) is 34.6 cm³/mol. The first kappa shape index (κ1) is 9.43. The van der Waals surface area contributed by atoms with E-state index in [9.17, 15) is 14.7 Å². The van der Waals surface area contributed by atoms with Gasteiger partial charge in [0.05, 0.1) is 0 Å². The van der Waals surface area contributed by atoms with Crippen molar-refractivity contribution in [3.63, 3.8) is 0 Å². The normalized spacial score (nSPS) is 9.30. The number of carboxylic acid groups (broad SMARTS) is 1. The van der Waals surface area contributed by atoms with Gasteiger partial charge >= 0.3 is 0 Å². The number of rotatable bonds is 5. The summed E-state index contributed by atoms with van der Waals surface area (Å²) in [4.78, 5) is 20.3. The summed E-state index contributed by atoms with van der Waals surface area (Å²) < 4.78 is 0. The van der Waals surface area contributed by atoms with E-state index in [2.05, 4.69) is 0 Å². The lowest BCUT2D eigenvalue weighted by Gasteiger charge is -1.98. The topological polar surface area (TPSA) is 57.2 Å². The van der Waals surface area contributed by atoms with Gasteiger partial charge in [-0.1, -0.05) is 0 Å². The lowest BCUT2D eigenvalue weighted by atomic mass is 10.2. The number of carboxylic acids is 1. The number of carbonyl (C=O) groups excluding carboxylic acids is 2. The van der Waals surface area contributed by atoms with Gasteiger partial charge in [0, 0.05) is 24.7 Å². The third-order valence-electron chi connectivity index (χ3n) is 0.931. The van der Waals surface area contributed by atoms with Crippen molar-refractivity contribution in [3.05, 3.63) is 0 Å². The fourth-order valence-corrected chi connectivity index (χ4v) is 0.647. The van der Waals surface area contributed by atoms with Crippen molar-refractivity contribution in [1.82, 2.24) is 0 Å². The molecule has 0 aromatic heterocycles. The highest BCUT2D eigenvalue weighted by atomic mass is 35.5. The van der Waals surface area contributed by atoms with Crippen LogP contribution in [0.15, 0.2) is 0 Å². The highest BCUT2D eigenvalue weighted by molar-refractivity contribution is 6.18. The Kier molecular flexibility index (Phi) is 4.94. The fraction of sp³-hybridized carbons (Fsp3) is 0.667. The van der Waals surface area contributed by atoms with Gasteiger partial charge in [-0.25, -0.2) is 0 Å². The second kappa shape index (κ2) is 5.23. The van der Waals surface area contributed by atoms with Crippen LogP contribution in [0.4, 0.5) is 0 Å². The van der Waals surface area contributed by atoms with Crippen LogP contribution >= 0.6 is 11.6 Å². The summed E-state index contributed by atoms with van der Waals surface area (Å²) in [5.41, 5.74) is 0. The molecule has 0 amide bonds. The number of aliphatic carboxylic acids is 1. The van der Waals surface area contributed by atoms with Crippen molar-refractivity contribution < 1.29 is 14.7 Å². The fourth-order valence-electron chi connectivity index (χ4n) is 0.513. The molecule has 0 N–H and O–H groups in total. The minimum atomic E-state index is -1.32. The van der Waals surface area contributed by atoms with Gasteiger partial charge in [-0.15, -0.1) is 11.6 Å². The molecule has 0 rings (SSSR count). The van der Waals surface area contributed by atoms with E-state index in [0.717, 1.165) is 0 Å². The molecule has 0 aliphatic heterocycles. The zero-order valence-corrected chi connectivity index (χ0v) is 6.19. The summed E-state index contributed by atoms with van der Waals surface area (Å²) in [5, 5.41) is 9.81. The van der Waals surface area contributed by atoms with Crippen molar-refractivity contribution in [2.75, 3.05) is 5.88 Å². The van der Waals surface area contributed by atoms with Crippen LogP contribution in [-0.2, 0) is 9.59 Å². The number of hydrogen-bond acceptors (Lipinski definition) is 3. The zero-order valence-electron chi connectivity index (χ0n) is 5.43. The molecule has 0 fully saturated rings. The lowest BCUT2D eigenvalue weighted by molar-refractivity contribution is -0.304. The third-order valence-corrected chi connectivity index (χ3v) is 1.20. The number of Topliss-reactive ketones (excluding diaryl/α,β-unsaturated/α-hetero) is 1. The second-order valence-corrected chi connectivity index (χ2v) is 2.26. The Morgan fingerprint density at radius 1 is 1.40 bits per heavy atom. The van der Waals surface area contributed by atoms with Crippen LogP contribution < -0.4 is 5.11 Å². The zero-order chi connectivity index (χ0) is 7.98. The van der Waals surface area contributed by atoms with Gasteiger partial charge in [-0.05, 0) is 6.42 Å². The maximum atomic E-state index is 10.5. The van der Waals surface area contributed by atoms with Gasteiger partial charge in [0.25, 0.3) is 0 Å². The molecule has 0 saturated heterocycles. The van der Waals surface area contributed by atoms with Crippen LogP contribution in [0.1, 0.15) is 19.3 Å². The average molecular weight is 164 g/mol. The monoisotopic (exact) mass is 163 g/mol. The molecule has 0 atom stereocenters. The smallest absolute Gasteiger partial charge is 0.138 e. The average Bonchev–Trinajstić information content (AvgIpc) is 1.82. The molecule has 0 aliphatic rings. The highest BCUT2D eigenvalue weighted by Crippen LogP contribution is 1.95. The minimum Gasteiger partial charge on any atom is -0.550 e. The molecular weight excluding hydrogens is 156 g/mol. The summed E-state index contributed by atoms with van der Waals surface area (Å²) in [7, 11) is 0. The standard InChI is InChI=1S/C6H9ClO3/c7-3-1-2-5(8)4-6(9)10/h1-4H2,(H,9,10)/p-1. The maximum absolute atomic E-state index is 10.5. The van der Waals surface area contributed by atoms with E-state index >= 15 is 0 Å². The van der Waals surface area contributed by atoms with Crippen LogP contribution in [-0.4, -0.2) is 17.6 Å². The summed E-state index contributed by atoms with van der Waals surface area (Å²) in [6, 6.07) is 0. The van der Waals surface area contributed by atoms with Gasteiger partial charge in [-0.3, -0.25) is 4.79 Å². The molecular formula is C6H8ClO3-. The van der Waals surface area contributed by atoms with Crippen molar-refractivity contribution in [2.24, 2.45) is 0 Å². The highest BCUT2D eigenvalue weighted by Gasteiger charge is 2.00. The molecule has 58 valence electrons. The van der Waals surface area contributed by atoms with E-state index in [1.807, 2.05) is 0 Å². The van der Waals surface area contributed by atoms with Gasteiger partial charge in [-0.2, -0.15) is 0 Å². The molecule has 0 unspecified atom stereocenters. The molecule has 0 spiro atoms. The number of alkyl halides is 1. The SMILES string of the molecule is O=C([O-])CC(=O)CCCCl. The third kappa shape index (κ3) is 5.56. The van der Waals surface area contributed by atoms with Gasteiger partial charge in [0.1, 0.15) is 5.78 Å². The van der Waals surface area contributed by atoms with Crippen LogP contribution in [0.5, 0.6) is 0 Å². The van der Waals surface area contributed by atoms with E-state index in [4.69, 9.17) is 11.6 Å². The number of hydrogen-bond donors (Lipinski definition) is 0. The van der Waals surface area contributed by atoms with E-state index in [-0.39, 0.29) is 12.2 Å². The van der Waals surface area contributed by atoms with E-state index in [1.165, 1.54) is 0 Å². The molecule has 10 heavy (non-hydrogen) atoms. The van der Waals surface area contributed by atoms with E-state index in [0.29, 0.717) is 12.3 Å². The summed E-state index contributed by atoms with van der Waals surface area (Å²) in [6.07, 6.45) is 0.280. The molecule has 0 aromatic carbocycles. The Morgan fingerprint density at radius 2 is 2.00 bits per heavy atom. The number of ketones is 1. The molecule has 0 radical (unpaired) electrons. The Balaban J connectivity index is 3.35. The lowest BCUT2D eigenvalue weighted by Crippen LogP contribution is -2.25. The molecule has 0 aliphatic carbocycles. The maximum Gasteiger partial charge on any atom is 0.138 e. The molecule has 4 heteroatoms. The van der Waals surface area contributed by atoms with E-state index in [1.54, 1.807) is 0 Å². The van der Waals surface area contributed by atoms with E-state index < -0.39 is 12.4 Å². The predicted octanol–water partition coefficient (Wildman–Crippen LogP) is -0.286. The first-order valence-electron chi connectivity index (χ1n) is 2.94. The first-order valence-corrected chi connectivity index (χ1v) is 3.47. The minimum absolute atomic E-state index is 0.234. The Labute approximate surface area is 64.0 Å². The van der Waals surface area contributed by atoms with Crippen molar-refractivity contribution >= 4 is 23.4 Å². The Morgan fingerprint density at radius 3 is 2.40 bits per heavy atom. The van der Waals surface area contributed by atoms with Crippen LogP contribution in [0, 0.1) is 0 Å². The van der Waals surface area contributed by atoms with Crippen LogP contribution in [0.3, 0.4) is 0 Å².